The van der Waals surface area contributed by atoms with Gasteiger partial charge >= 0.3 is 5.97 Å². The smallest absolute Gasteiger partial charge is 0.308 e. The monoisotopic (exact) mass is 239 g/mol. The Kier molecular flexibility index (Phi) is 3.15. The molecule has 0 aromatic carbocycles. The van der Waals surface area contributed by atoms with Gasteiger partial charge in [0.05, 0.1) is 5.92 Å². The summed E-state index contributed by atoms with van der Waals surface area (Å²) >= 11 is 0. The number of hydrogen-bond acceptors (Lipinski definition) is 2. The van der Waals surface area contributed by atoms with Gasteiger partial charge in [0.2, 0.25) is 5.91 Å². The van der Waals surface area contributed by atoms with Crippen molar-refractivity contribution in [1.29, 1.82) is 0 Å². The molecule has 4 heteroatoms. The molecule has 4 nitrogen and oxygen atoms in total. The van der Waals surface area contributed by atoms with Crippen LogP contribution in [0.5, 0.6) is 0 Å². The average molecular weight is 239 g/mol. The summed E-state index contributed by atoms with van der Waals surface area (Å²) in [5.41, 5.74) is 0.135. The van der Waals surface area contributed by atoms with Crippen molar-refractivity contribution in [3.05, 3.63) is 0 Å². The second kappa shape index (κ2) is 4.31. The third-order valence-corrected chi connectivity index (χ3v) is 4.37. The van der Waals surface area contributed by atoms with Crippen molar-refractivity contribution in [2.75, 3.05) is 6.54 Å². The molecule has 2 fully saturated rings. The first-order valence-electron chi connectivity index (χ1n) is 6.44. The normalized spacial score (nSPS) is 32.8. The summed E-state index contributed by atoms with van der Waals surface area (Å²) in [5, 5.41) is 9.08. The fourth-order valence-electron chi connectivity index (χ4n) is 3.26. The van der Waals surface area contributed by atoms with E-state index in [2.05, 4.69) is 13.8 Å². The Balaban J connectivity index is 2.13. The predicted octanol–water partition coefficient (Wildman–Crippen LogP) is 1.89. The molecular weight excluding hydrogens is 218 g/mol. The van der Waals surface area contributed by atoms with Crippen LogP contribution in [0.15, 0.2) is 0 Å². The molecule has 96 valence electrons. The van der Waals surface area contributed by atoms with Gasteiger partial charge in [0.15, 0.2) is 0 Å². The molecule has 0 radical (unpaired) electrons. The summed E-state index contributed by atoms with van der Waals surface area (Å²) in [7, 11) is 0. The van der Waals surface area contributed by atoms with Crippen molar-refractivity contribution in [2.24, 2.45) is 11.3 Å². The summed E-state index contributed by atoms with van der Waals surface area (Å²) in [6.07, 6.45) is 4.17. The minimum absolute atomic E-state index is 0.135. The van der Waals surface area contributed by atoms with Gasteiger partial charge in [0.1, 0.15) is 0 Å². The van der Waals surface area contributed by atoms with Crippen molar-refractivity contribution >= 4 is 11.9 Å². The van der Waals surface area contributed by atoms with Crippen molar-refractivity contribution in [3.63, 3.8) is 0 Å². The molecule has 2 aliphatic rings. The SMILES string of the molecule is CC1(C)CCCC1N1CC(C(=O)O)CCC1=O. The quantitative estimate of drug-likeness (QED) is 0.800. The maximum Gasteiger partial charge on any atom is 0.308 e. The maximum atomic E-state index is 12.0. The van der Waals surface area contributed by atoms with Crippen LogP contribution in [0, 0.1) is 11.3 Å². The maximum absolute atomic E-state index is 12.0. The van der Waals surface area contributed by atoms with E-state index < -0.39 is 5.97 Å². The van der Waals surface area contributed by atoms with E-state index in [0.717, 1.165) is 19.3 Å². The van der Waals surface area contributed by atoms with Gasteiger partial charge in [-0.25, -0.2) is 0 Å². The van der Waals surface area contributed by atoms with Crippen LogP contribution in [0.1, 0.15) is 46.0 Å². The van der Waals surface area contributed by atoms with E-state index in [-0.39, 0.29) is 23.3 Å². The molecule has 1 saturated carbocycles. The first-order chi connectivity index (χ1) is 7.92. The molecule has 1 amide bonds. The second-order valence-electron chi connectivity index (χ2n) is 6.02. The van der Waals surface area contributed by atoms with E-state index in [1.807, 2.05) is 4.90 Å². The van der Waals surface area contributed by atoms with Crippen LogP contribution in [0.4, 0.5) is 0 Å². The van der Waals surface area contributed by atoms with Gasteiger partial charge < -0.3 is 10.0 Å². The van der Waals surface area contributed by atoms with Crippen LogP contribution in [0.3, 0.4) is 0 Å². The number of likely N-dealkylation sites (tertiary alicyclic amines) is 1. The zero-order valence-electron chi connectivity index (χ0n) is 10.6. The Morgan fingerprint density at radius 1 is 1.41 bits per heavy atom. The first-order valence-corrected chi connectivity index (χ1v) is 6.44. The summed E-state index contributed by atoms with van der Waals surface area (Å²) < 4.78 is 0. The highest BCUT2D eigenvalue weighted by atomic mass is 16.4. The molecule has 2 atom stereocenters. The Bertz CT molecular complexity index is 338. The number of nitrogens with zero attached hydrogens (tertiary/aromatic N) is 1. The van der Waals surface area contributed by atoms with Gasteiger partial charge in [0.25, 0.3) is 0 Å². The largest absolute Gasteiger partial charge is 0.481 e. The zero-order valence-corrected chi connectivity index (χ0v) is 10.6. The summed E-state index contributed by atoms with van der Waals surface area (Å²) in [6, 6.07) is 0.233. The fraction of sp³-hybridized carbons (Fsp3) is 0.846. The molecular formula is C13H21NO3. The van der Waals surface area contributed by atoms with Crippen molar-refractivity contribution in [3.8, 4) is 0 Å². The lowest BCUT2D eigenvalue weighted by Gasteiger charge is -2.41. The van der Waals surface area contributed by atoms with Crippen LogP contribution in [0.25, 0.3) is 0 Å². The van der Waals surface area contributed by atoms with Crippen molar-refractivity contribution in [2.45, 2.75) is 52.0 Å². The van der Waals surface area contributed by atoms with Crippen molar-refractivity contribution in [1.82, 2.24) is 4.90 Å². The van der Waals surface area contributed by atoms with Crippen LogP contribution in [-0.2, 0) is 9.59 Å². The van der Waals surface area contributed by atoms with E-state index in [1.165, 1.54) is 0 Å². The number of hydrogen-bond donors (Lipinski definition) is 1. The molecule has 0 bridgehead atoms. The van der Waals surface area contributed by atoms with Crippen LogP contribution in [0.2, 0.25) is 0 Å². The minimum Gasteiger partial charge on any atom is -0.481 e. The highest BCUT2D eigenvalue weighted by molar-refractivity contribution is 5.80. The zero-order chi connectivity index (χ0) is 12.6. The van der Waals surface area contributed by atoms with Gasteiger partial charge in [-0.3, -0.25) is 9.59 Å². The fourth-order valence-corrected chi connectivity index (χ4v) is 3.26. The Morgan fingerprint density at radius 2 is 2.12 bits per heavy atom. The molecule has 0 aromatic heterocycles. The van der Waals surface area contributed by atoms with Gasteiger partial charge in [0, 0.05) is 19.0 Å². The van der Waals surface area contributed by atoms with E-state index in [4.69, 9.17) is 5.11 Å². The first kappa shape index (κ1) is 12.4. The standard InChI is InChI=1S/C13H21NO3/c1-13(2)7-3-4-10(13)14-8-9(12(16)17)5-6-11(14)15/h9-10H,3-8H2,1-2H3,(H,16,17). The van der Waals surface area contributed by atoms with Gasteiger partial charge in [-0.2, -0.15) is 0 Å². The van der Waals surface area contributed by atoms with Crippen LogP contribution < -0.4 is 0 Å². The Hall–Kier alpha value is -1.06. The second-order valence-corrected chi connectivity index (χ2v) is 6.02. The molecule has 0 spiro atoms. The Labute approximate surface area is 102 Å². The van der Waals surface area contributed by atoms with Crippen molar-refractivity contribution < 1.29 is 14.7 Å². The molecule has 0 aromatic rings. The molecule has 1 aliphatic heterocycles. The highest BCUT2D eigenvalue weighted by Crippen LogP contribution is 2.42. The third kappa shape index (κ3) is 2.31. The molecule has 1 N–H and O–H groups in total. The number of aliphatic carboxylic acids is 1. The van der Waals surface area contributed by atoms with Gasteiger partial charge in [-0.15, -0.1) is 0 Å². The molecule has 17 heavy (non-hydrogen) atoms. The number of carboxylic acids is 1. The number of piperidine rings is 1. The van der Waals surface area contributed by atoms with Crippen LogP contribution in [-0.4, -0.2) is 34.5 Å². The predicted molar refractivity (Wildman–Crippen MR) is 63.5 cm³/mol. The lowest BCUT2D eigenvalue weighted by atomic mass is 9.84. The molecule has 1 saturated heterocycles. The van der Waals surface area contributed by atoms with E-state index in [9.17, 15) is 9.59 Å². The summed E-state index contributed by atoms with van der Waals surface area (Å²) in [6.45, 7) is 4.77. The number of carboxylic acid groups (broad SMARTS) is 1. The van der Waals surface area contributed by atoms with Gasteiger partial charge in [-0.05, 0) is 24.7 Å². The number of carbonyl (C=O) groups is 2. The number of carbonyl (C=O) groups excluding carboxylic acids is 1. The van der Waals surface area contributed by atoms with E-state index in [0.29, 0.717) is 19.4 Å². The van der Waals surface area contributed by atoms with E-state index in [1.54, 1.807) is 0 Å². The topological polar surface area (TPSA) is 57.6 Å². The molecule has 1 heterocycles. The lowest BCUT2D eigenvalue weighted by Crippen LogP contribution is -2.51. The van der Waals surface area contributed by atoms with Crippen LogP contribution >= 0.6 is 0 Å². The molecule has 2 unspecified atom stereocenters. The number of amides is 1. The van der Waals surface area contributed by atoms with E-state index >= 15 is 0 Å². The lowest BCUT2D eigenvalue weighted by molar-refractivity contribution is -0.150. The summed E-state index contributed by atoms with van der Waals surface area (Å²) in [4.78, 5) is 24.9. The third-order valence-electron chi connectivity index (χ3n) is 4.37. The molecule has 1 aliphatic carbocycles. The van der Waals surface area contributed by atoms with Gasteiger partial charge in [-0.1, -0.05) is 20.3 Å². The average Bonchev–Trinajstić information content (AvgIpc) is 2.58. The summed E-state index contributed by atoms with van der Waals surface area (Å²) in [5.74, 6) is -0.995. The highest BCUT2D eigenvalue weighted by Gasteiger charge is 2.43. The Morgan fingerprint density at radius 3 is 2.65 bits per heavy atom. The molecule has 2 rings (SSSR count). The minimum atomic E-state index is -0.765. The number of rotatable bonds is 2.